The zero-order valence-electron chi connectivity index (χ0n) is 12.4. The van der Waals surface area contributed by atoms with Gasteiger partial charge in [0.25, 0.3) is 5.56 Å². The van der Waals surface area contributed by atoms with Crippen molar-refractivity contribution < 1.29 is 14.7 Å². The number of carboxylic acids is 1. The molecule has 1 aliphatic carbocycles. The number of likely N-dealkylation sites (tertiary alicyclic amines) is 1. The molecule has 1 aromatic rings. The summed E-state index contributed by atoms with van der Waals surface area (Å²) in [6.07, 6.45) is 3.48. The summed E-state index contributed by atoms with van der Waals surface area (Å²) in [5.41, 5.74) is 0.00548. The quantitative estimate of drug-likeness (QED) is 0.826. The van der Waals surface area contributed by atoms with Gasteiger partial charge in [0.05, 0.1) is 12.3 Å². The number of hydrogen-bond donors (Lipinski definition) is 2. The molecule has 3 rings (SSSR count). The second-order valence-electron chi connectivity index (χ2n) is 6.24. The van der Waals surface area contributed by atoms with Crippen molar-refractivity contribution in [1.82, 2.24) is 14.9 Å². The molecule has 118 valence electrons. The van der Waals surface area contributed by atoms with E-state index >= 15 is 0 Å². The highest BCUT2D eigenvalue weighted by molar-refractivity contribution is 5.80. The molecule has 0 aromatic carbocycles. The van der Waals surface area contributed by atoms with Crippen LogP contribution in [0, 0.1) is 24.7 Å². The van der Waals surface area contributed by atoms with Crippen LogP contribution in [-0.4, -0.2) is 44.9 Å². The fourth-order valence-corrected chi connectivity index (χ4v) is 3.21. The molecule has 2 heterocycles. The van der Waals surface area contributed by atoms with Crippen LogP contribution in [0.3, 0.4) is 0 Å². The van der Waals surface area contributed by atoms with Gasteiger partial charge in [-0.25, -0.2) is 4.98 Å². The Bertz CT molecular complexity index is 665. The van der Waals surface area contributed by atoms with Gasteiger partial charge in [0.15, 0.2) is 0 Å². The summed E-state index contributed by atoms with van der Waals surface area (Å²) in [5, 5.41) is 9.32. The molecule has 1 aliphatic heterocycles. The van der Waals surface area contributed by atoms with Crippen LogP contribution in [-0.2, 0) is 16.0 Å². The summed E-state index contributed by atoms with van der Waals surface area (Å²) in [6, 6.07) is 0. The van der Waals surface area contributed by atoms with E-state index in [1.165, 1.54) is 6.20 Å². The maximum absolute atomic E-state index is 12.4. The van der Waals surface area contributed by atoms with Gasteiger partial charge in [-0.3, -0.25) is 14.4 Å². The van der Waals surface area contributed by atoms with Crippen molar-refractivity contribution in [2.24, 2.45) is 17.8 Å². The van der Waals surface area contributed by atoms with Crippen molar-refractivity contribution in [2.45, 2.75) is 26.2 Å². The van der Waals surface area contributed by atoms with Gasteiger partial charge in [0, 0.05) is 24.8 Å². The molecule has 7 nitrogen and oxygen atoms in total. The lowest BCUT2D eigenvalue weighted by Gasteiger charge is -2.16. The second kappa shape index (κ2) is 5.55. The van der Waals surface area contributed by atoms with E-state index in [1.807, 2.05) is 0 Å². The molecule has 0 spiro atoms. The minimum absolute atomic E-state index is 0.0354. The van der Waals surface area contributed by atoms with E-state index in [2.05, 4.69) is 9.97 Å². The fraction of sp³-hybridized carbons (Fsp3) is 0.600. The summed E-state index contributed by atoms with van der Waals surface area (Å²) in [4.78, 5) is 43.7. The van der Waals surface area contributed by atoms with E-state index in [0.717, 1.165) is 12.8 Å². The Hall–Kier alpha value is -2.18. The number of rotatable bonds is 4. The molecule has 2 aliphatic rings. The van der Waals surface area contributed by atoms with Crippen molar-refractivity contribution in [2.75, 3.05) is 13.1 Å². The number of nitrogens with one attached hydrogen (secondary N) is 1. The molecule has 0 radical (unpaired) electrons. The van der Waals surface area contributed by atoms with Gasteiger partial charge in [-0.1, -0.05) is 0 Å². The Morgan fingerprint density at radius 1 is 1.41 bits per heavy atom. The van der Waals surface area contributed by atoms with Crippen molar-refractivity contribution in [1.29, 1.82) is 0 Å². The SMILES string of the molecule is Cc1ncc(CC(=O)N2C[C@@H](C(=O)O)[C@H](C3CC3)C2)c(=O)[nH]1. The van der Waals surface area contributed by atoms with E-state index in [-0.39, 0.29) is 30.3 Å². The number of carbonyl (C=O) groups excluding carboxylic acids is 1. The first-order valence-electron chi connectivity index (χ1n) is 7.51. The zero-order chi connectivity index (χ0) is 15.9. The van der Waals surface area contributed by atoms with Gasteiger partial charge in [0.1, 0.15) is 5.82 Å². The van der Waals surface area contributed by atoms with Crippen LogP contribution in [0.2, 0.25) is 0 Å². The average molecular weight is 305 g/mol. The first-order valence-corrected chi connectivity index (χ1v) is 7.51. The van der Waals surface area contributed by atoms with E-state index in [1.54, 1.807) is 11.8 Å². The van der Waals surface area contributed by atoms with Crippen LogP contribution in [0.25, 0.3) is 0 Å². The summed E-state index contributed by atoms with van der Waals surface area (Å²) in [5.74, 6) is -0.528. The molecule has 1 saturated carbocycles. The molecule has 1 amide bonds. The lowest BCUT2D eigenvalue weighted by Crippen LogP contribution is -2.33. The maximum atomic E-state index is 12.4. The Morgan fingerprint density at radius 3 is 2.73 bits per heavy atom. The number of hydrogen-bond acceptors (Lipinski definition) is 4. The number of aliphatic carboxylic acids is 1. The van der Waals surface area contributed by atoms with E-state index in [9.17, 15) is 19.5 Å². The summed E-state index contributed by atoms with van der Waals surface area (Å²) in [7, 11) is 0. The monoisotopic (exact) mass is 305 g/mol. The number of nitrogens with zero attached hydrogens (tertiary/aromatic N) is 2. The number of H-pyrrole nitrogens is 1. The average Bonchev–Trinajstić information content (AvgIpc) is 3.20. The highest BCUT2D eigenvalue weighted by atomic mass is 16.4. The Labute approximate surface area is 127 Å². The smallest absolute Gasteiger partial charge is 0.308 e. The van der Waals surface area contributed by atoms with Crippen LogP contribution >= 0.6 is 0 Å². The van der Waals surface area contributed by atoms with Crippen molar-refractivity contribution in [3.05, 3.63) is 27.9 Å². The minimum atomic E-state index is -0.831. The van der Waals surface area contributed by atoms with Gasteiger partial charge in [-0.05, 0) is 31.6 Å². The lowest BCUT2D eigenvalue weighted by atomic mass is 9.92. The first-order chi connectivity index (χ1) is 10.5. The van der Waals surface area contributed by atoms with Gasteiger partial charge >= 0.3 is 5.97 Å². The predicted octanol–water partition coefficient (Wildman–Crippen LogP) is 0.190. The van der Waals surface area contributed by atoms with Crippen molar-refractivity contribution in [3.8, 4) is 0 Å². The molecule has 7 heteroatoms. The fourth-order valence-electron chi connectivity index (χ4n) is 3.21. The van der Waals surface area contributed by atoms with Gasteiger partial charge < -0.3 is 15.0 Å². The Balaban J connectivity index is 1.70. The van der Waals surface area contributed by atoms with Gasteiger partial charge in [-0.15, -0.1) is 0 Å². The van der Waals surface area contributed by atoms with E-state index in [0.29, 0.717) is 23.9 Å². The summed E-state index contributed by atoms with van der Waals surface area (Å²) in [6.45, 7) is 2.40. The third-order valence-electron chi connectivity index (χ3n) is 4.60. The molecule has 1 saturated heterocycles. The number of amides is 1. The molecule has 2 atom stereocenters. The van der Waals surface area contributed by atoms with E-state index < -0.39 is 11.9 Å². The van der Waals surface area contributed by atoms with Crippen molar-refractivity contribution in [3.63, 3.8) is 0 Å². The van der Waals surface area contributed by atoms with Gasteiger partial charge in [-0.2, -0.15) is 0 Å². The Kier molecular flexibility index (Phi) is 3.72. The number of carbonyl (C=O) groups is 2. The maximum Gasteiger partial charge on any atom is 0.308 e. The number of aryl methyl sites for hydroxylation is 1. The molecule has 2 N–H and O–H groups in total. The largest absolute Gasteiger partial charge is 0.481 e. The van der Waals surface area contributed by atoms with Crippen LogP contribution in [0.1, 0.15) is 24.2 Å². The number of carboxylic acid groups (broad SMARTS) is 1. The summed E-state index contributed by atoms with van der Waals surface area (Å²) >= 11 is 0. The summed E-state index contributed by atoms with van der Waals surface area (Å²) < 4.78 is 0. The van der Waals surface area contributed by atoms with Crippen LogP contribution in [0.15, 0.2) is 11.0 Å². The highest BCUT2D eigenvalue weighted by Gasteiger charge is 2.46. The molecule has 0 bridgehead atoms. The second-order valence-corrected chi connectivity index (χ2v) is 6.24. The van der Waals surface area contributed by atoms with E-state index in [4.69, 9.17) is 0 Å². The normalized spacial score (nSPS) is 24.5. The van der Waals surface area contributed by atoms with Crippen LogP contribution < -0.4 is 5.56 Å². The number of aromatic amines is 1. The third-order valence-corrected chi connectivity index (χ3v) is 4.60. The zero-order valence-corrected chi connectivity index (χ0v) is 12.4. The van der Waals surface area contributed by atoms with Crippen LogP contribution in [0.5, 0.6) is 0 Å². The molecule has 1 aromatic heterocycles. The molecular weight excluding hydrogens is 286 g/mol. The highest BCUT2D eigenvalue weighted by Crippen LogP contribution is 2.44. The molecule has 0 unspecified atom stereocenters. The number of aromatic nitrogens is 2. The third kappa shape index (κ3) is 2.88. The lowest BCUT2D eigenvalue weighted by molar-refractivity contribution is -0.142. The standard InChI is InChI=1S/C15H19N3O4/c1-8-16-5-10(14(20)17-8)4-13(19)18-6-11(9-2-3-9)12(7-18)15(21)22/h5,9,11-12H,2-4,6-7H2,1H3,(H,21,22)(H,16,17,20)/t11-,12+/m0/s1. The molecule has 2 fully saturated rings. The molecule has 22 heavy (non-hydrogen) atoms. The first kappa shape index (κ1) is 14.7. The van der Waals surface area contributed by atoms with Crippen LogP contribution in [0.4, 0.5) is 0 Å². The minimum Gasteiger partial charge on any atom is -0.481 e. The predicted molar refractivity (Wildman–Crippen MR) is 77.2 cm³/mol. The Morgan fingerprint density at radius 2 is 2.14 bits per heavy atom. The molecular formula is C15H19N3O4. The topological polar surface area (TPSA) is 103 Å². The van der Waals surface area contributed by atoms with Crippen molar-refractivity contribution >= 4 is 11.9 Å². The van der Waals surface area contributed by atoms with Gasteiger partial charge in [0.2, 0.25) is 5.91 Å².